The third-order valence-electron chi connectivity index (χ3n) is 3.78. The zero-order valence-corrected chi connectivity index (χ0v) is 14.0. The fourth-order valence-electron chi connectivity index (χ4n) is 2.66. The number of hydrogen-bond acceptors (Lipinski definition) is 6. The lowest BCUT2D eigenvalue weighted by Crippen LogP contribution is -2.43. The Bertz CT molecular complexity index is 606. The number of hydrogen-bond donors (Lipinski definition) is 1. The zero-order valence-electron chi connectivity index (χ0n) is 13.2. The summed E-state index contributed by atoms with van der Waals surface area (Å²) in [6, 6.07) is 7.86. The average Bonchev–Trinajstić information content (AvgIpc) is 3.08. The minimum Gasteiger partial charge on any atom is -0.491 e. The minimum atomic E-state index is -0.523. The van der Waals surface area contributed by atoms with Gasteiger partial charge >= 0.3 is 0 Å². The Balaban J connectivity index is 1.46. The number of aromatic nitrogens is 1. The minimum absolute atomic E-state index is 0.00800. The highest BCUT2D eigenvalue weighted by molar-refractivity contribution is 7.09. The van der Waals surface area contributed by atoms with E-state index in [1.54, 1.807) is 17.5 Å². The van der Waals surface area contributed by atoms with Gasteiger partial charge in [-0.05, 0) is 24.6 Å². The Morgan fingerprint density at radius 3 is 3.22 bits per heavy atom. The molecule has 1 N–H and O–H groups in total. The lowest BCUT2D eigenvalue weighted by atomic mass is 10.2. The zero-order chi connectivity index (χ0) is 16.1. The molecule has 0 aliphatic carbocycles. The number of thiazole rings is 1. The van der Waals surface area contributed by atoms with Crippen LogP contribution in [0.1, 0.15) is 16.7 Å². The van der Waals surface area contributed by atoms with Crippen molar-refractivity contribution >= 4 is 11.3 Å². The maximum Gasteiger partial charge on any atom is 0.123 e. The van der Waals surface area contributed by atoms with Crippen molar-refractivity contribution in [3.05, 3.63) is 46.4 Å². The van der Waals surface area contributed by atoms with Crippen LogP contribution in [0.25, 0.3) is 0 Å². The number of aliphatic hydroxyl groups excluding tert-OH is 1. The summed E-state index contributed by atoms with van der Waals surface area (Å²) < 4.78 is 11.4. The second-order valence-corrected chi connectivity index (χ2v) is 6.70. The second-order valence-electron chi connectivity index (χ2n) is 5.77. The first kappa shape index (κ1) is 16.4. The number of ether oxygens (including phenoxy) is 2. The van der Waals surface area contributed by atoms with Crippen molar-refractivity contribution < 1.29 is 14.6 Å². The fourth-order valence-corrected chi connectivity index (χ4v) is 3.34. The predicted octanol–water partition coefficient (Wildman–Crippen LogP) is 2.26. The molecule has 1 aromatic carbocycles. The summed E-state index contributed by atoms with van der Waals surface area (Å²) >= 11 is 1.61. The Hall–Kier alpha value is -1.47. The first-order valence-corrected chi connectivity index (χ1v) is 8.69. The summed E-state index contributed by atoms with van der Waals surface area (Å²) in [7, 11) is 0. The Labute approximate surface area is 140 Å². The van der Waals surface area contributed by atoms with Gasteiger partial charge in [0.1, 0.15) is 29.6 Å². The number of morpholine rings is 1. The van der Waals surface area contributed by atoms with E-state index in [0.717, 1.165) is 29.4 Å². The van der Waals surface area contributed by atoms with Gasteiger partial charge in [-0.2, -0.15) is 0 Å². The lowest BCUT2D eigenvalue weighted by molar-refractivity contribution is -0.0460. The molecule has 0 saturated carbocycles. The summed E-state index contributed by atoms with van der Waals surface area (Å²) in [4.78, 5) is 6.53. The van der Waals surface area contributed by atoms with Crippen molar-refractivity contribution in [3.8, 4) is 5.75 Å². The highest BCUT2D eigenvalue weighted by Gasteiger charge is 2.25. The van der Waals surface area contributed by atoms with Crippen molar-refractivity contribution in [1.82, 2.24) is 9.88 Å². The van der Waals surface area contributed by atoms with Crippen LogP contribution in [0.3, 0.4) is 0 Å². The van der Waals surface area contributed by atoms with Crippen LogP contribution in [-0.2, 0) is 4.74 Å². The van der Waals surface area contributed by atoms with Crippen LogP contribution in [0.4, 0.5) is 0 Å². The normalized spacial score (nSPS) is 20.3. The standard InChI is InChI=1S/C17H22N2O3S/c1-13-3-2-4-15(9-13)22-12-14(20)10-19-6-7-21-16(11-19)17-18-5-8-23-17/h2-5,8-9,14,16,20H,6-7,10-12H2,1H3/t14-,16-/m1/s1. The molecule has 2 heterocycles. The summed E-state index contributed by atoms with van der Waals surface area (Å²) in [5, 5.41) is 13.2. The number of aliphatic hydroxyl groups is 1. The first-order chi connectivity index (χ1) is 11.2. The van der Waals surface area contributed by atoms with E-state index >= 15 is 0 Å². The van der Waals surface area contributed by atoms with E-state index in [1.165, 1.54) is 0 Å². The van der Waals surface area contributed by atoms with Gasteiger partial charge in [0.05, 0.1) is 6.61 Å². The van der Waals surface area contributed by atoms with Gasteiger partial charge in [-0.1, -0.05) is 12.1 Å². The van der Waals surface area contributed by atoms with Crippen molar-refractivity contribution in [1.29, 1.82) is 0 Å². The molecule has 6 heteroatoms. The number of β-amino-alcohol motifs (C(OH)–C–C–N with tert-alkyl or cyclic N) is 1. The largest absolute Gasteiger partial charge is 0.491 e. The van der Waals surface area contributed by atoms with Crippen molar-refractivity contribution in [3.63, 3.8) is 0 Å². The predicted molar refractivity (Wildman–Crippen MR) is 89.9 cm³/mol. The van der Waals surface area contributed by atoms with Crippen molar-refractivity contribution in [2.24, 2.45) is 0 Å². The van der Waals surface area contributed by atoms with Gasteiger partial charge in [0.15, 0.2) is 0 Å². The summed E-state index contributed by atoms with van der Waals surface area (Å²) in [5.74, 6) is 0.798. The van der Waals surface area contributed by atoms with Gasteiger partial charge in [0, 0.05) is 31.2 Å². The molecule has 1 aromatic heterocycles. The van der Waals surface area contributed by atoms with Crippen LogP contribution < -0.4 is 4.74 Å². The Kier molecular flexibility index (Phi) is 5.61. The second kappa shape index (κ2) is 7.88. The average molecular weight is 334 g/mol. The van der Waals surface area contributed by atoms with Crippen LogP contribution in [0.15, 0.2) is 35.8 Å². The van der Waals surface area contributed by atoms with Gasteiger partial charge in [0.25, 0.3) is 0 Å². The highest BCUT2D eigenvalue weighted by Crippen LogP contribution is 2.23. The smallest absolute Gasteiger partial charge is 0.123 e. The lowest BCUT2D eigenvalue weighted by Gasteiger charge is -2.33. The molecule has 1 aliphatic rings. The molecule has 23 heavy (non-hydrogen) atoms. The first-order valence-electron chi connectivity index (χ1n) is 7.81. The number of rotatable bonds is 6. The third-order valence-corrected chi connectivity index (χ3v) is 4.65. The van der Waals surface area contributed by atoms with Gasteiger partial charge in [-0.3, -0.25) is 4.90 Å². The van der Waals surface area contributed by atoms with E-state index in [-0.39, 0.29) is 6.10 Å². The molecule has 0 spiro atoms. The quantitative estimate of drug-likeness (QED) is 0.878. The van der Waals surface area contributed by atoms with Gasteiger partial charge in [0.2, 0.25) is 0 Å². The molecule has 0 unspecified atom stereocenters. The molecule has 1 saturated heterocycles. The third kappa shape index (κ3) is 4.75. The summed E-state index contributed by atoms with van der Waals surface area (Å²) in [6.07, 6.45) is 1.28. The monoisotopic (exact) mass is 334 g/mol. The molecule has 1 fully saturated rings. The topological polar surface area (TPSA) is 54.8 Å². The molecule has 2 atom stereocenters. The molecule has 0 radical (unpaired) electrons. The van der Waals surface area contributed by atoms with E-state index in [9.17, 15) is 5.11 Å². The van der Waals surface area contributed by atoms with E-state index in [0.29, 0.717) is 19.8 Å². The molecule has 124 valence electrons. The molecule has 2 aromatic rings. The Morgan fingerprint density at radius 2 is 2.43 bits per heavy atom. The van der Waals surface area contributed by atoms with Gasteiger partial charge < -0.3 is 14.6 Å². The summed E-state index contributed by atoms with van der Waals surface area (Å²) in [5.41, 5.74) is 1.15. The number of benzene rings is 1. The SMILES string of the molecule is Cc1cccc(OC[C@H](O)CN2CCO[C@@H](c3nccs3)C2)c1. The molecule has 5 nitrogen and oxygen atoms in total. The molecular formula is C17H22N2O3S. The van der Waals surface area contributed by atoms with Crippen LogP contribution >= 0.6 is 11.3 Å². The van der Waals surface area contributed by atoms with E-state index in [4.69, 9.17) is 9.47 Å². The molecule has 0 bridgehead atoms. The fraction of sp³-hybridized carbons (Fsp3) is 0.471. The maximum absolute atomic E-state index is 10.2. The molecule has 0 amide bonds. The van der Waals surface area contributed by atoms with Crippen LogP contribution in [0.5, 0.6) is 5.75 Å². The van der Waals surface area contributed by atoms with Crippen molar-refractivity contribution in [2.45, 2.75) is 19.1 Å². The number of aryl methyl sites for hydroxylation is 1. The van der Waals surface area contributed by atoms with Crippen LogP contribution in [0, 0.1) is 6.92 Å². The molecular weight excluding hydrogens is 312 g/mol. The van der Waals surface area contributed by atoms with E-state index in [1.807, 2.05) is 36.6 Å². The summed E-state index contributed by atoms with van der Waals surface area (Å²) in [6.45, 7) is 5.14. The van der Waals surface area contributed by atoms with Crippen LogP contribution in [0.2, 0.25) is 0 Å². The Morgan fingerprint density at radius 1 is 1.52 bits per heavy atom. The maximum atomic E-state index is 10.2. The van der Waals surface area contributed by atoms with E-state index in [2.05, 4.69) is 9.88 Å². The highest BCUT2D eigenvalue weighted by atomic mass is 32.1. The van der Waals surface area contributed by atoms with Gasteiger partial charge in [-0.15, -0.1) is 11.3 Å². The number of nitrogens with zero attached hydrogens (tertiary/aromatic N) is 2. The van der Waals surface area contributed by atoms with Crippen molar-refractivity contribution in [2.75, 3.05) is 32.8 Å². The van der Waals surface area contributed by atoms with Gasteiger partial charge in [-0.25, -0.2) is 4.98 Å². The van der Waals surface area contributed by atoms with Crippen LogP contribution in [-0.4, -0.2) is 53.9 Å². The van der Waals surface area contributed by atoms with E-state index < -0.39 is 6.10 Å². The molecule has 1 aliphatic heterocycles. The molecule has 3 rings (SSSR count).